The summed E-state index contributed by atoms with van der Waals surface area (Å²) in [5.41, 5.74) is 0.992. The van der Waals surface area contributed by atoms with E-state index in [1.807, 2.05) is 6.07 Å². The molecule has 1 aromatic rings. The van der Waals surface area contributed by atoms with Gasteiger partial charge in [0.1, 0.15) is 12.4 Å². The summed E-state index contributed by atoms with van der Waals surface area (Å²) < 4.78 is 13.4. The topological polar surface area (TPSA) is 51.2 Å². The van der Waals surface area contributed by atoms with Gasteiger partial charge in [-0.3, -0.25) is 9.69 Å². The molecule has 0 saturated carbocycles. The molecule has 1 fully saturated rings. The number of amides is 1. The summed E-state index contributed by atoms with van der Waals surface area (Å²) in [5.74, 6) is 0.594. The van der Waals surface area contributed by atoms with Crippen LogP contribution in [0.25, 0.3) is 0 Å². The Hall–Kier alpha value is -2.15. The Morgan fingerprint density at radius 3 is 2.59 bits per heavy atom. The number of piperazine rings is 1. The molecule has 1 heterocycles. The molecule has 1 saturated heterocycles. The van der Waals surface area contributed by atoms with Crippen LogP contribution in [-0.4, -0.2) is 79.4 Å². The van der Waals surface area contributed by atoms with Gasteiger partial charge in [-0.05, 0) is 31.0 Å². The maximum absolute atomic E-state index is 13.4. The highest BCUT2D eigenvalue weighted by atomic mass is 19.1. The van der Waals surface area contributed by atoms with E-state index in [-0.39, 0.29) is 18.3 Å². The van der Waals surface area contributed by atoms with Crippen LogP contribution in [0.3, 0.4) is 0 Å². The Morgan fingerprint density at radius 1 is 1.30 bits per heavy atom. The van der Waals surface area contributed by atoms with Gasteiger partial charge in [0.15, 0.2) is 5.96 Å². The van der Waals surface area contributed by atoms with Crippen molar-refractivity contribution in [3.8, 4) is 0 Å². The Morgan fingerprint density at radius 2 is 2.00 bits per heavy atom. The van der Waals surface area contributed by atoms with E-state index in [2.05, 4.69) is 34.0 Å². The number of guanidine groups is 1. The van der Waals surface area contributed by atoms with Crippen LogP contribution < -0.4 is 5.32 Å². The van der Waals surface area contributed by atoms with Crippen LogP contribution in [0.15, 0.2) is 29.3 Å². The monoisotopic (exact) mass is 377 g/mol. The molecule has 7 heteroatoms. The van der Waals surface area contributed by atoms with E-state index < -0.39 is 0 Å². The minimum Gasteiger partial charge on any atom is -0.354 e. The minimum absolute atomic E-state index is 0.0109. The number of hydrogen-bond acceptors (Lipinski definition) is 3. The van der Waals surface area contributed by atoms with Crippen molar-refractivity contribution >= 4 is 11.9 Å². The predicted octanol–water partition coefficient (Wildman–Crippen LogP) is 1.78. The second kappa shape index (κ2) is 10.3. The molecule has 1 N–H and O–H groups in total. The third kappa shape index (κ3) is 6.82. The maximum Gasteiger partial charge on any atom is 0.243 e. The third-order valence-electron chi connectivity index (χ3n) is 4.82. The first kappa shape index (κ1) is 21.2. The lowest BCUT2D eigenvalue weighted by atomic mass is 10.2. The van der Waals surface area contributed by atoms with Crippen molar-refractivity contribution in [2.24, 2.45) is 4.99 Å². The normalized spacial score (nSPS) is 16.9. The summed E-state index contributed by atoms with van der Waals surface area (Å²) in [6.45, 7) is 8.53. The fourth-order valence-electron chi connectivity index (χ4n) is 2.85. The molecular formula is C20H32FN5O. The van der Waals surface area contributed by atoms with E-state index in [1.165, 1.54) is 6.07 Å². The highest BCUT2D eigenvalue weighted by molar-refractivity contribution is 5.85. The smallest absolute Gasteiger partial charge is 0.243 e. The van der Waals surface area contributed by atoms with Crippen LogP contribution in [0.2, 0.25) is 0 Å². The molecule has 1 aromatic carbocycles. The molecule has 0 spiro atoms. The number of hydrogen-bond donors (Lipinski definition) is 1. The van der Waals surface area contributed by atoms with Crippen LogP contribution in [-0.2, 0) is 11.3 Å². The van der Waals surface area contributed by atoms with E-state index in [4.69, 9.17) is 0 Å². The van der Waals surface area contributed by atoms with E-state index in [0.29, 0.717) is 6.04 Å². The largest absolute Gasteiger partial charge is 0.354 e. The second-order valence-corrected chi connectivity index (χ2v) is 7.27. The average molecular weight is 378 g/mol. The van der Waals surface area contributed by atoms with Crippen LogP contribution in [0.1, 0.15) is 25.8 Å². The zero-order valence-corrected chi connectivity index (χ0v) is 16.9. The van der Waals surface area contributed by atoms with Crippen molar-refractivity contribution in [2.45, 2.75) is 32.9 Å². The van der Waals surface area contributed by atoms with Crippen LogP contribution in [0, 0.1) is 5.82 Å². The molecule has 0 aromatic heterocycles. The van der Waals surface area contributed by atoms with Crippen molar-refractivity contribution in [1.29, 1.82) is 0 Å². The summed E-state index contributed by atoms with van der Waals surface area (Å²) in [4.78, 5) is 22.5. The summed E-state index contributed by atoms with van der Waals surface area (Å²) in [5, 5.41) is 3.44. The first-order valence-electron chi connectivity index (χ1n) is 9.62. The molecule has 150 valence electrons. The van der Waals surface area contributed by atoms with Gasteiger partial charge in [0.2, 0.25) is 5.91 Å². The number of aliphatic imine (C=N–C) groups is 1. The number of nitrogens with zero attached hydrogens (tertiary/aromatic N) is 4. The van der Waals surface area contributed by atoms with Gasteiger partial charge in [0.25, 0.3) is 0 Å². The average Bonchev–Trinajstić information content (AvgIpc) is 2.65. The number of likely N-dealkylation sites (N-methyl/N-ethyl adjacent to an activating group) is 1. The third-order valence-corrected chi connectivity index (χ3v) is 4.82. The summed E-state index contributed by atoms with van der Waals surface area (Å²) >= 11 is 0. The van der Waals surface area contributed by atoms with Gasteiger partial charge >= 0.3 is 0 Å². The highest BCUT2D eigenvalue weighted by Crippen LogP contribution is 2.10. The van der Waals surface area contributed by atoms with Gasteiger partial charge in [0.05, 0.1) is 0 Å². The molecule has 1 atom stereocenters. The summed E-state index contributed by atoms with van der Waals surface area (Å²) in [6.07, 6.45) is 0.986. The van der Waals surface area contributed by atoms with Crippen molar-refractivity contribution in [1.82, 2.24) is 20.0 Å². The molecule has 1 amide bonds. The molecular weight excluding hydrogens is 345 g/mol. The van der Waals surface area contributed by atoms with Crippen molar-refractivity contribution in [3.63, 3.8) is 0 Å². The summed E-state index contributed by atoms with van der Waals surface area (Å²) in [7, 11) is 3.48. The van der Waals surface area contributed by atoms with Gasteiger partial charge in [-0.1, -0.05) is 19.1 Å². The van der Waals surface area contributed by atoms with E-state index >= 15 is 0 Å². The van der Waals surface area contributed by atoms with E-state index in [0.717, 1.165) is 50.7 Å². The van der Waals surface area contributed by atoms with E-state index in [9.17, 15) is 9.18 Å². The van der Waals surface area contributed by atoms with Crippen LogP contribution >= 0.6 is 0 Å². The standard InChI is InChI=1S/C20H32FN5O/c1-5-16(2)23-20(22-14-19(27)24(3)4)26-11-9-25(10-12-26)15-17-7-6-8-18(21)13-17/h6-8,13,16H,5,9-12,14-15H2,1-4H3,(H,22,23). The number of carbonyl (C=O) groups excluding carboxylic acids is 1. The number of benzene rings is 1. The molecule has 27 heavy (non-hydrogen) atoms. The minimum atomic E-state index is -0.191. The quantitative estimate of drug-likeness (QED) is 0.607. The van der Waals surface area contributed by atoms with Gasteiger partial charge in [-0.15, -0.1) is 0 Å². The molecule has 1 aliphatic heterocycles. The van der Waals surface area contributed by atoms with Crippen molar-refractivity contribution in [2.75, 3.05) is 46.8 Å². The fourth-order valence-corrected chi connectivity index (χ4v) is 2.85. The lowest BCUT2D eigenvalue weighted by Crippen LogP contribution is -2.53. The Bertz CT molecular complexity index is 641. The molecule has 1 aliphatic rings. The number of nitrogens with one attached hydrogen (secondary N) is 1. The van der Waals surface area contributed by atoms with Crippen LogP contribution in [0.4, 0.5) is 4.39 Å². The van der Waals surface area contributed by atoms with E-state index in [1.54, 1.807) is 31.1 Å². The maximum atomic E-state index is 13.4. The zero-order chi connectivity index (χ0) is 19.8. The molecule has 0 aliphatic carbocycles. The fraction of sp³-hybridized carbons (Fsp3) is 0.600. The lowest BCUT2D eigenvalue weighted by Gasteiger charge is -2.37. The highest BCUT2D eigenvalue weighted by Gasteiger charge is 2.21. The lowest BCUT2D eigenvalue weighted by molar-refractivity contribution is -0.127. The Balaban J connectivity index is 1.95. The van der Waals surface area contributed by atoms with Gasteiger partial charge in [-0.2, -0.15) is 0 Å². The Kier molecular flexibility index (Phi) is 8.03. The molecule has 0 radical (unpaired) electrons. The zero-order valence-electron chi connectivity index (χ0n) is 16.9. The molecule has 6 nitrogen and oxygen atoms in total. The first-order chi connectivity index (χ1) is 12.9. The number of rotatable bonds is 6. The number of carbonyl (C=O) groups is 1. The van der Waals surface area contributed by atoms with Gasteiger partial charge in [-0.25, -0.2) is 9.38 Å². The number of halogens is 1. The molecule has 2 rings (SSSR count). The van der Waals surface area contributed by atoms with Crippen LogP contribution in [0.5, 0.6) is 0 Å². The van der Waals surface area contributed by atoms with Gasteiger partial charge < -0.3 is 15.1 Å². The molecule has 1 unspecified atom stereocenters. The second-order valence-electron chi connectivity index (χ2n) is 7.27. The molecule has 0 bridgehead atoms. The van der Waals surface area contributed by atoms with Crippen molar-refractivity contribution in [3.05, 3.63) is 35.6 Å². The van der Waals surface area contributed by atoms with Crippen molar-refractivity contribution < 1.29 is 9.18 Å². The van der Waals surface area contributed by atoms with Gasteiger partial charge in [0, 0.05) is 52.9 Å². The SMILES string of the molecule is CCC(C)NC(=NCC(=O)N(C)C)N1CCN(Cc2cccc(F)c2)CC1. The predicted molar refractivity (Wildman–Crippen MR) is 107 cm³/mol. The summed E-state index contributed by atoms with van der Waals surface area (Å²) in [6, 6.07) is 7.07. The first-order valence-corrected chi connectivity index (χ1v) is 9.62. The Labute approximate surface area is 162 Å².